The quantitative estimate of drug-likeness (QED) is 0.233. The van der Waals surface area contributed by atoms with E-state index in [2.05, 4.69) is 59.2 Å². The van der Waals surface area contributed by atoms with Crippen molar-refractivity contribution in [2.24, 2.45) is 18.9 Å². The molecule has 0 amide bonds. The van der Waals surface area contributed by atoms with E-state index in [4.69, 9.17) is 4.42 Å². The van der Waals surface area contributed by atoms with Crippen LogP contribution in [0.2, 0.25) is 0 Å². The first-order chi connectivity index (χ1) is 19.1. The zero-order chi connectivity index (χ0) is 26.6. The van der Waals surface area contributed by atoms with Gasteiger partial charge in [-0.05, 0) is 72.4 Å². The third kappa shape index (κ3) is 3.82. The van der Waals surface area contributed by atoms with Crippen LogP contribution in [0.15, 0.2) is 83.4 Å². The predicted molar refractivity (Wildman–Crippen MR) is 153 cm³/mol. The standard InChI is InChI=1S/C35H33N2O/c1-37-20-5-4-11-32(37)31-10-6-9-29-30-19-18-28(22-36)33(35(30)38-34(29)31)25-15-12-24(13-16-25)27-17-14-23-7-2-3-8-26(23)21-27/h4-6,9-13,15-16,18-20,23,26-27H,2-3,7-8,14,17,21H2,1H3/q+1/i27D. The van der Waals surface area contributed by atoms with Crippen LogP contribution < -0.4 is 4.57 Å². The monoisotopic (exact) mass is 498 g/mol. The van der Waals surface area contributed by atoms with Gasteiger partial charge in [-0.3, -0.25) is 0 Å². The number of pyridine rings is 1. The van der Waals surface area contributed by atoms with Crippen molar-refractivity contribution in [1.29, 1.82) is 5.26 Å². The molecule has 0 radical (unpaired) electrons. The Morgan fingerprint density at radius 1 is 0.842 bits per heavy atom. The van der Waals surface area contributed by atoms with E-state index in [1.165, 1.54) is 32.1 Å². The molecule has 188 valence electrons. The molecule has 38 heavy (non-hydrogen) atoms. The highest BCUT2D eigenvalue weighted by Crippen LogP contribution is 2.47. The molecule has 2 fully saturated rings. The molecule has 3 heteroatoms. The van der Waals surface area contributed by atoms with Crippen molar-refractivity contribution in [1.82, 2.24) is 0 Å². The summed E-state index contributed by atoms with van der Waals surface area (Å²) in [6, 6.07) is 27.2. The van der Waals surface area contributed by atoms with Gasteiger partial charge in [-0.15, -0.1) is 0 Å². The van der Waals surface area contributed by atoms with E-state index < -0.39 is 5.89 Å². The number of nitriles is 1. The normalized spacial score (nSPS) is 23.6. The number of furan rings is 1. The molecule has 0 saturated heterocycles. The second-order valence-corrected chi connectivity index (χ2v) is 11.2. The molecule has 0 spiro atoms. The average molecular weight is 499 g/mol. The smallest absolute Gasteiger partial charge is 0.216 e. The molecule has 3 aromatic carbocycles. The van der Waals surface area contributed by atoms with Gasteiger partial charge in [0.1, 0.15) is 18.2 Å². The van der Waals surface area contributed by atoms with Crippen molar-refractivity contribution in [3.05, 3.63) is 90.1 Å². The fourth-order valence-corrected chi connectivity index (χ4v) is 7.09. The molecule has 0 bridgehead atoms. The highest BCUT2D eigenvalue weighted by Gasteiger charge is 2.32. The van der Waals surface area contributed by atoms with Gasteiger partial charge in [0.2, 0.25) is 5.69 Å². The van der Waals surface area contributed by atoms with Gasteiger partial charge in [-0.1, -0.05) is 62.1 Å². The van der Waals surface area contributed by atoms with E-state index >= 15 is 0 Å². The van der Waals surface area contributed by atoms with Gasteiger partial charge in [-0.25, -0.2) is 4.57 Å². The number of para-hydroxylation sites is 1. The van der Waals surface area contributed by atoms with Crippen LogP contribution in [0.5, 0.6) is 0 Å². The molecule has 2 aromatic heterocycles. The second-order valence-electron chi connectivity index (χ2n) is 11.2. The molecular weight excluding hydrogens is 464 g/mol. The summed E-state index contributed by atoms with van der Waals surface area (Å²) in [7, 11) is 2.04. The number of benzene rings is 3. The van der Waals surface area contributed by atoms with Gasteiger partial charge >= 0.3 is 0 Å². The van der Waals surface area contributed by atoms with Gasteiger partial charge in [0.15, 0.2) is 6.20 Å². The van der Waals surface area contributed by atoms with Gasteiger partial charge in [-0.2, -0.15) is 5.26 Å². The summed E-state index contributed by atoms with van der Waals surface area (Å²) in [4.78, 5) is 0. The Labute approximate surface area is 225 Å². The summed E-state index contributed by atoms with van der Waals surface area (Å²) in [5, 5.41) is 12.1. The summed E-state index contributed by atoms with van der Waals surface area (Å²) in [5.74, 6) is 1.00. The first-order valence-electron chi connectivity index (χ1n) is 14.5. The van der Waals surface area contributed by atoms with Crippen LogP contribution in [0, 0.1) is 23.2 Å². The number of fused-ring (bicyclic) bond motifs is 4. The minimum atomic E-state index is -0.513. The van der Waals surface area contributed by atoms with Crippen LogP contribution in [0.3, 0.4) is 0 Å². The van der Waals surface area contributed by atoms with Crippen LogP contribution in [-0.2, 0) is 7.05 Å². The Morgan fingerprint density at radius 2 is 1.66 bits per heavy atom. The Hall–Kier alpha value is -3.90. The van der Waals surface area contributed by atoms with Crippen molar-refractivity contribution in [2.45, 2.75) is 50.8 Å². The van der Waals surface area contributed by atoms with Crippen LogP contribution in [0.4, 0.5) is 0 Å². The minimum Gasteiger partial charge on any atom is -0.454 e. The third-order valence-corrected chi connectivity index (χ3v) is 9.09. The molecule has 7 rings (SSSR count). The maximum Gasteiger partial charge on any atom is 0.216 e. The first kappa shape index (κ1) is 22.1. The minimum absolute atomic E-state index is 0.513. The number of hydrogen-bond acceptors (Lipinski definition) is 2. The van der Waals surface area contributed by atoms with Crippen LogP contribution in [-0.4, -0.2) is 0 Å². The highest BCUT2D eigenvalue weighted by molar-refractivity contribution is 6.13. The Morgan fingerprint density at radius 3 is 2.47 bits per heavy atom. The number of aryl methyl sites for hydroxylation is 1. The Bertz CT molecular complexity index is 1750. The van der Waals surface area contributed by atoms with Crippen molar-refractivity contribution in [3.8, 4) is 28.5 Å². The fraction of sp³-hybridized carbons (Fsp3) is 0.314. The predicted octanol–water partition coefficient (Wildman–Crippen LogP) is 8.69. The second kappa shape index (κ2) is 9.44. The molecule has 3 nitrogen and oxygen atoms in total. The Balaban J connectivity index is 1.33. The first-order valence-corrected chi connectivity index (χ1v) is 14.0. The number of aromatic nitrogens is 1. The third-order valence-electron chi connectivity index (χ3n) is 9.09. The van der Waals surface area contributed by atoms with E-state index in [-0.39, 0.29) is 0 Å². The number of rotatable bonds is 3. The number of hydrogen-bond donors (Lipinski definition) is 0. The average Bonchev–Trinajstić information content (AvgIpc) is 3.36. The summed E-state index contributed by atoms with van der Waals surface area (Å²) < 4.78 is 18.1. The molecule has 3 atom stereocenters. The molecule has 2 aliphatic carbocycles. The largest absolute Gasteiger partial charge is 0.454 e. The highest BCUT2D eigenvalue weighted by atomic mass is 16.3. The van der Waals surface area contributed by atoms with E-state index in [1.807, 2.05) is 37.5 Å². The van der Waals surface area contributed by atoms with E-state index in [9.17, 15) is 6.63 Å². The van der Waals surface area contributed by atoms with Gasteiger partial charge in [0.25, 0.3) is 0 Å². The summed E-state index contributed by atoms with van der Waals surface area (Å²) >= 11 is 0. The van der Waals surface area contributed by atoms with Crippen LogP contribution in [0.1, 0.15) is 63.3 Å². The lowest BCUT2D eigenvalue weighted by atomic mass is 9.66. The van der Waals surface area contributed by atoms with E-state index in [0.29, 0.717) is 11.5 Å². The van der Waals surface area contributed by atoms with Gasteiger partial charge < -0.3 is 4.42 Å². The molecule has 2 aliphatic rings. The van der Waals surface area contributed by atoms with E-state index in [0.717, 1.165) is 68.6 Å². The lowest BCUT2D eigenvalue weighted by molar-refractivity contribution is -0.660. The van der Waals surface area contributed by atoms with Crippen LogP contribution in [0.25, 0.3) is 44.3 Å². The molecule has 3 unspecified atom stereocenters. The lowest BCUT2D eigenvalue weighted by Gasteiger charge is -2.39. The molecule has 0 N–H and O–H groups in total. The van der Waals surface area contributed by atoms with Crippen molar-refractivity contribution in [2.75, 3.05) is 0 Å². The van der Waals surface area contributed by atoms with Crippen LogP contribution >= 0.6 is 0 Å². The zero-order valence-electron chi connectivity index (χ0n) is 22.9. The fourth-order valence-electron chi connectivity index (χ4n) is 7.09. The molecule has 0 aliphatic heterocycles. The lowest BCUT2D eigenvalue weighted by Crippen LogP contribution is -2.29. The summed E-state index contributed by atoms with van der Waals surface area (Å²) in [6.07, 6.45) is 10.4. The summed E-state index contributed by atoms with van der Waals surface area (Å²) in [5.41, 5.74) is 7.16. The van der Waals surface area contributed by atoms with Crippen molar-refractivity contribution < 1.29 is 10.4 Å². The zero-order valence-corrected chi connectivity index (χ0v) is 21.9. The molecular formula is C35H33N2O+. The van der Waals surface area contributed by atoms with Crippen molar-refractivity contribution in [3.63, 3.8) is 0 Å². The number of nitrogens with zero attached hydrogens (tertiary/aromatic N) is 2. The van der Waals surface area contributed by atoms with Gasteiger partial charge in [0, 0.05) is 29.8 Å². The Kier molecular flexibility index (Phi) is 5.50. The SMILES string of the molecule is [2H]C1(c2ccc(-c3c(C#N)ccc4c3oc3c(-c5cccc[n+]5C)cccc34)cc2)CCC2CCCCC2C1. The van der Waals surface area contributed by atoms with Crippen molar-refractivity contribution >= 4 is 21.9 Å². The van der Waals surface area contributed by atoms with E-state index in [1.54, 1.807) is 0 Å². The molecule has 5 aromatic rings. The van der Waals surface area contributed by atoms with Gasteiger partial charge in [0.05, 0.1) is 17.2 Å². The molecule has 2 saturated carbocycles. The maximum absolute atomic E-state index is 10.1. The molecule has 2 heterocycles. The topological polar surface area (TPSA) is 40.8 Å². The maximum atomic E-state index is 10.1. The summed E-state index contributed by atoms with van der Waals surface area (Å²) in [6.45, 7) is 0.